The first-order valence-electron chi connectivity index (χ1n) is 8.46. The van der Waals surface area contributed by atoms with Gasteiger partial charge in [-0.3, -0.25) is 4.79 Å². The van der Waals surface area contributed by atoms with Crippen LogP contribution in [0.4, 0.5) is 0 Å². The zero-order chi connectivity index (χ0) is 16.4. The number of hydrogen-bond donors (Lipinski definition) is 1. The second-order valence-corrected chi connectivity index (χ2v) is 7.19. The molecule has 0 bridgehead atoms. The van der Waals surface area contributed by atoms with Gasteiger partial charge >= 0.3 is 0 Å². The average Bonchev–Trinajstić information content (AvgIpc) is 2.46. The zero-order valence-electron chi connectivity index (χ0n) is 14.6. The summed E-state index contributed by atoms with van der Waals surface area (Å²) in [5, 5.41) is 3.09. The normalized spacial score (nSPS) is 12.2. The van der Waals surface area contributed by atoms with Crippen molar-refractivity contribution in [3.8, 4) is 0 Å². The summed E-state index contributed by atoms with van der Waals surface area (Å²) in [6.45, 7) is 9.50. The van der Waals surface area contributed by atoms with Crippen molar-refractivity contribution in [1.29, 1.82) is 0 Å². The average molecular weight is 322 g/mol. The predicted octanol–water partition coefficient (Wildman–Crippen LogP) is 4.87. The van der Waals surface area contributed by atoms with Crippen LogP contribution in [-0.2, 0) is 10.5 Å². The summed E-state index contributed by atoms with van der Waals surface area (Å²) >= 11 is 1.70. The molecule has 0 saturated heterocycles. The molecule has 2 nitrogen and oxygen atoms in total. The lowest BCUT2D eigenvalue weighted by Crippen LogP contribution is -2.30. The first kappa shape index (κ1) is 19.1. The fraction of sp³-hybridized carbons (Fsp3) is 0.632. The summed E-state index contributed by atoms with van der Waals surface area (Å²) in [4.78, 5) is 11.9. The molecule has 1 N–H and O–H groups in total. The van der Waals surface area contributed by atoms with Crippen LogP contribution in [0.2, 0.25) is 0 Å². The van der Waals surface area contributed by atoms with Crippen LogP contribution in [0, 0.1) is 19.8 Å². The third-order valence-electron chi connectivity index (χ3n) is 3.91. The van der Waals surface area contributed by atoms with E-state index in [4.69, 9.17) is 0 Å². The molecule has 1 aromatic carbocycles. The van der Waals surface area contributed by atoms with Crippen LogP contribution in [0.25, 0.3) is 0 Å². The van der Waals surface area contributed by atoms with Gasteiger partial charge in [0.25, 0.3) is 0 Å². The molecular weight excluding hydrogens is 290 g/mol. The predicted molar refractivity (Wildman–Crippen MR) is 98.4 cm³/mol. The van der Waals surface area contributed by atoms with Crippen molar-refractivity contribution in [1.82, 2.24) is 5.32 Å². The molecule has 0 heterocycles. The lowest BCUT2D eigenvalue weighted by molar-refractivity contribution is -0.118. The van der Waals surface area contributed by atoms with Gasteiger partial charge in [-0.25, -0.2) is 0 Å². The summed E-state index contributed by atoms with van der Waals surface area (Å²) in [6.07, 6.45) is 4.87. The van der Waals surface area contributed by atoms with Gasteiger partial charge in [0, 0.05) is 12.3 Å². The highest BCUT2D eigenvalue weighted by molar-refractivity contribution is 7.99. The van der Waals surface area contributed by atoms with Gasteiger partial charge in [-0.1, -0.05) is 62.4 Å². The van der Waals surface area contributed by atoms with Gasteiger partial charge in [0.05, 0.1) is 5.75 Å². The monoisotopic (exact) mass is 321 g/mol. The minimum Gasteiger partial charge on any atom is -0.355 e. The van der Waals surface area contributed by atoms with E-state index in [9.17, 15) is 4.79 Å². The van der Waals surface area contributed by atoms with E-state index in [0.717, 1.165) is 18.7 Å². The van der Waals surface area contributed by atoms with E-state index in [1.807, 2.05) is 0 Å². The van der Waals surface area contributed by atoms with Crippen LogP contribution in [0.1, 0.15) is 56.2 Å². The number of aryl methyl sites for hydroxylation is 2. The molecule has 0 fully saturated rings. The molecule has 1 aromatic rings. The minimum atomic E-state index is 0.171. The van der Waals surface area contributed by atoms with Crippen molar-refractivity contribution in [2.24, 2.45) is 5.92 Å². The quantitative estimate of drug-likeness (QED) is 0.666. The Morgan fingerprint density at radius 1 is 1.18 bits per heavy atom. The topological polar surface area (TPSA) is 29.1 Å². The zero-order valence-corrected chi connectivity index (χ0v) is 15.4. The molecule has 0 saturated carbocycles. The Morgan fingerprint density at radius 3 is 2.45 bits per heavy atom. The minimum absolute atomic E-state index is 0.171. The number of benzene rings is 1. The maximum atomic E-state index is 11.9. The molecule has 1 amide bonds. The summed E-state index contributed by atoms with van der Waals surface area (Å²) in [6, 6.07) is 6.59. The lowest BCUT2D eigenvalue weighted by atomic mass is 9.99. The Hall–Kier alpha value is -0.960. The summed E-state index contributed by atoms with van der Waals surface area (Å²) in [7, 11) is 0. The molecular formula is C19H31NOS. The Morgan fingerprint density at radius 2 is 1.86 bits per heavy atom. The van der Waals surface area contributed by atoms with Crippen molar-refractivity contribution in [2.75, 3.05) is 12.3 Å². The summed E-state index contributed by atoms with van der Waals surface area (Å²) in [5.41, 5.74) is 3.90. The molecule has 1 atom stereocenters. The van der Waals surface area contributed by atoms with Crippen LogP contribution in [0.3, 0.4) is 0 Å². The van der Waals surface area contributed by atoms with Crippen molar-refractivity contribution in [3.05, 3.63) is 34.9 Å². The van der Waals surface area contributed by atoms with E-state index < -0.39 is 0 Å². The summed E-state index contributed by atoms with van der Waals surface area (Å²) < 4.78 is 0. The fourth-order valence-corrected chi connectivity index (χ4v) is 3.46. The van der Waals surface area contributed by atoms with Crippen LogP contribution in [0.15, 0.2) is 18.2 Å². The van der Waals surface area contributed by atoms with Gasteiger partial charge in [0.2, 0.25) is 5.91 Å². The van der Waals surface area contributed by atoms with Gasteiger partial charge < -0.3 is 5.32 Å². The first-order chi connectivity index (χ1) is 10.5. The maximum absolute atomic E-state index is 11.9. The van der Waals surface area contributed by atoms with E-state index in [1.54, 1.807) is 11.8 Å². The fourth-order valence-electron chi connectivity index (χ4n) is 2.67. The first-order valence-corrected chi connectivity index (χ1v) is 9.62. The SMILES string of the molecule is CCCC[C@@H](CC)CNC(=O)CSCc1cc(C)cc(C)c1. The van der Waals surface area contributed by atoms with E-state index in [0.29, 0.717) is 11.7 Å². The van der Waals surface area contributed by atoms with E-state index in [-0.39, 0.29) is 5.91 Å². The number of nitrogens with one attached hydrogen (secondary N) is 1. The van der Waals surface area contributed by atoms with E-state index >= 15 is 0 Å². The van der Waals surface area contributed by atoms with Crippen LogP contribution < -0.4 is 5.32 Å². The molecule has 0 spiro atoms. The molecule has 22 heavy (non-hydrogen) atoms. The van der Waals surface area contributed by atoms with Gasteiger partial charge in [-0.05, 0) is 31.7 Å². The summed E-state index contributed by atoms with van der Waals surface area (Å²) in [5.74, 6) is 2.26. The van der Waals surface area contributed by atoms with Crippen molar-refractivity contribution >= 4 is 17.7 Å². The second-order valence-electron chi connectivity index (χ2n) is 6.21. The van der Waals surface area contributed by atoms with Crippen LogP contribution in [-0.4, -0.2) is 18.2 Å². The highest BCUT2D eigenvalue weighted by Gasteiger charge is 2.08. The number of rotatable bonds is 10. The molecule has 0 radical (unpaired) electrons. The smallest absolute Gasteiger partial charge is 0.230 e. The third-order valence-corrected chi connectivity index (χ3v) is 4.92. The largest absolute Gasteiger partial charge is 0.355 e. The van der Waals surface area contributed by atoms with Crippen molar-refractivity contribution < 1.29 is 4.79 Å². The number of thioether (sulfide) groups is 1. The number of unbranched alkanes of at least 4 members (excludes halogenated alkanes) is 1. The molecule has 1 rings (SSSR count). The molecule has 0 aromatic heterocycles. The molecule has 124 valence electrons. The molecule has 0 aliphatic rings. The number of amides is 1. The highest BCUT2D eigenvalue weighted by atomic mass is 32.2. The molecule has 0 aliphatic carbocycles. The number of hydrogen-bond acceptors (Lipinski definition) is 2. The lowest BCUT2D eigenvalue weighted by Gasteiger charge is -2.15. The number of carbonyl (C=O) groups excluding carboxylic acids is 1. The van der Waals surface area contributed by atoms with Crippen molar-refractivity contribution in [2.45, 2.75) is 59.1 Å². The molecule has 0 unspecified atom stereocenters. The highest BCUT2D eigenvalue weighted by Crippen LogP contribution is 2.16. The van der Waals surface area contributed by atoms with Crippen molar-refractivity contribution in [3.63, 3.8) is 0 Å². The van der Waals surface area contributed by atoms with Gasteiger partial charge in [-0.2, -0.15) is 0 Å². The third kappa shape index (κ3) is 7.88. The standard InChI is InChI=1S/C19H31NOS/c1-5-7-8-17(6-2)12-20-19(21)14-22-13-18-10-15(3)9-16(4)11-18/h9-11,17H,5-8,12-14H2,1-4H3,(H,20,21)/t17-/m1/s1. The Balaban J connectivity index is 2.25. The van der Waals surface area contributed by atoms with Gasteiger partial charge in [0.15, 0.2) is 0 Å². The van der Waals surface area contributed by atoms with E-state index in [1.165, 1.54) is 36.0 Å². The van der Waals surface area contributed by atoms with Gasteiger partial charge in [-0.15, -0.1) is 11.8 Å². The molecule has 3 heteroatoms. The Labute approximate surface area is 140 Å². The van der Waals surface area contributed by atoms with Crippen LogP contribution >= 0.6 is 11.8 Å². The number of carbonyl (C=O) groups is 1. The maximum Gasteiger partial charge on any atom is 0.230 e. The Kier molecular flexibility index (Phi) is 9.30. The van der Waals surface area contributed by atoms with E-state index in [2.05, 4.69) is 51.2 Å². The van der Waals surface area contributed by atoms with Gasteiger partial charge in [0.1, 0.15) is 0 Å². The molecule has 0 aliphatic heterocycles. The Bertz CT molecular complexity index is 438. The van der Waals surface area contributed by atoms with Crippen LogP contribution in [0.5, 0.6) is 0 Å². The second kappa shape index (κ2) is 10.7.